The summed E-state index contributed by atoms with van der Waals surface area (Å²) in [6, 6.07) is 19.9. The summed E-state index contributed by atoms with van der Waals surface area (Å²) in [6.45, 7) is 0. The van der Waals surface area contributed by atoms with Crippen LogP contribution < -0.4 is 20.1 Å². The van der Waals surface area contributed by atoms with Gasteiger partial charge in [-0.25, -0.2) is 0 Å². The molecule has 0 heterocycles. The van der Waals surface area contributed by atoms with Crippen LogP contribution in [0, 0.1) is 0 Å². The van der Waals surface area contributed by atoms with E-state index in [2.05, 4.69) is 10.6 Å². The third-order valence-corrected chi connectivity index (χ3v) is 4.16. The van der Waals surface area contributed by atoms with Gasteiger partial charge in [-0.1, -0.05) is 29.8 Å². The summed E-state index contributed by atoms with van der Waals surface area (Å²) >= 11 is 6.11. The third-order valence-electron chi connectivity index (χ3n) is 3.92. The van der Waals surface area contributed by atoms with E-state index in [1.54, 1.807) is 50.6 Å². The molecule has 0 aliphatic carbocycles. The number of hydrogen-bond acceptors (Lipinski definition) is 4. The van der Waals surface area contributed by atoms with Crippen LogP contribution in [0.15, 0.2) is 66.7 Å². The van der Waals surface area contributed by atoms with Crippen LogP contribution in [0.2, 0.25) is 5.02 Å². The van der Waals surface area contributed by atoms with Gasteiger partial charge in [-0.3, -0.25) is 4.79 Å². The second-order valence-electron chi connectivity index (χ2n) is 5.70. The van der Waals surface area contributed by atoms with Crippen LogP contribution in [-0.4, -0.2) is 20.1 Å². The van der Waals surface area contributed by atoms with E-state index >= 15 is 0 Å². The van der Waals surface area contributed by atoms with Crippen LogP contribution in [0.4, 0.5) is 17.1 Å². The summed E-state index contributed by atoms with van der Waals surface area (Å²) in [6.07, 6.45) is 0. The van der Waals surface area contributed by atoms with Crippen LogP contribution in [0.3, 0.4) is 0 Å². The molecule has 27 heavy (non-hydrogen) atoms. The third kappa shape index (κ3) is 4.51. The molecule has 138 valence electrons. The molecule has 0 unspecified atom stereocenters. The molecule has 0 fully saturated rings. The summed E-state index contributed by atoms with van der Waals surface area (Å²) < 4.78 is 10.5. The van der Waals surface area contributed by atoms with Crippen molar-refractivity contribution in [2.75, 3.05) is 24.9 Å². The number of nitrogens with one attached hydrogen (secondary N) is 2. The highest BCUT2D eigenvalue weighted by Gasteiger charge is 2.14. The van der Waals surface area contributed by atoms with Crippen molar-refractivity contribution in [1.29, 1.82) is 0 Å². The highest BCUT2D eigenvalue weighted by molar-refractivity contribution is 6.31. The normalized spacial score (nSPS) is 10.2. The van der Waals surface area contributed by atoms with Crippen LogP contribution in [-0.2, 0) is 0 Å². The fourth-order valence-corrected chi connectivity index (χ4v) is 2.77. The predicted molar refractivity (Wildman–Crippen MR) is 109 cm³/mol. The minimum absolute atomic E-state index is 0.289. The Bertz CT molecular complexity index is 945. The van der Waals surface area contributed by atoms with Crippen LogP contribution in [0.5, 0.6) is 11.5 Å². The lowest BCUT2D eigenvalue weighted by Crippen LogP contribution is -2.14. The molecule has 0 saturated heterocycles. The number of hydrogen-bond donors (Lipinski definition) is 2. The summed E-state index contributed by atoms with van der Waals surface area (Å²) in [5.74, 6) is 0.830. The van der Waals surface area contributed by atoms with Crippen molar-refractivity contribution in [3.8, 4) is 11.5 Å². The molecule has 0 aromatic heterocycles. The molecule has 2 N–H and O–H groups in total. The van der Waals surface area contributed by atoms with Gasteiger partial charge in [0.1, 0.15) is 0 Å². The van der Waals surface area contributed by atoms with E-state index in [0.717, 1.165) is 5.69 Å². The smallest absolute Gasteiger partial charge is 0.257 e. The van der Waals surface area contributed by atoms with E-state index < -0.39 is 0 Å². The first-order valence-electron chi connectivity index (χ1n) is 8.25. The zero-order chi connectivity index (χ0) is 19.2. The molecular weight excluding hydrogens is 364 g/mol. The second kappa shape index (κ2) is 8.47. The first-order chi connectivity index (χ1) is 13.1. The largest absolute Gasteiger partial charge is 0.493 e. The molecule has 0 bridgehead atoms. The van der Waals surface area contributed by atoms with E-state index in [-0.39, 0.29) is 5.91 Å². The molecule has 3 rings (SSSR count). The Morgan fingerprint density at radius 3 is 2.30 bits per heavy atom. The number of anilines is 3. The lowest BCUT2D eigenvalue weighted by Gasteiger charge is -2.14. The number of amides is 1. The van der Waals surface area contributed by atoms with Crippen LogP contribution in [0.25, 0.3) is 0 Å². The second-order valence-corrected chi connectivity index (χ2v) is 6.14. The van der Waals surface area contributed by atoms with Crippen molar-refractivity contribution >= 4 is 34.6 Å². The summed E-state index contributed by atoms with van der Waals surface area (Å²) in [4.78, 5) is 12.8. The summed E-state index contributed by atoms with van der Waals surface area (Å²) in [5.41, 5.74) is 2.55. The van der Waals surface area contributed by atoms with Crippen molar-refractivity contribution in [3.63, 3.8) is 0 Å². The fourth-order valence-electron chi connectivity index (χ4n) is 2.60. The van der Waals surface area contributed by atoms with Crippen molar-refractivity contribution in [3.05, 3.63) is 77.3 Å². The molecule has 3 aromatic carbocycles. The van der Waals surface area contributed by atoms with Crippen LogP contribution >= 0.6 is 11.6 Å². The SMILES string of the molecule is COc1ccc(NC(=O)c2cc(Cl)ccc2Nc2ccccc2)cc1OC. The molecule has 6 heteroatoms. The molecule has 1 amide bonds. The minimum atomic E-state index is -0.289. The van der Waals surface area contributed by atoms with Crippen molar-refractivity contribution in [1.82, 2.24) is 0 Å². The zero-order valence-electron chi connectivity index (χ0n) is 15.0. The Morgan fingerprint density at radius 1 is 0.852 bits per heavy atom. The number of rotatable bonds is 6. The Labute approximate surface area is 162 Å². The molecule has 5 nitrogen and oxygen atoms in total. The summed E-state index contributed by atoms with van der Waals surface area (Å²) in [5, 5.41) is 6.59. The molecular formula is C21H19ClN2O3. The van der Waals surface area contributed by atoms with E-state index in [0.29, 0.717) is 33.5 Å². The number of benzene rings is 3. The monoisotopic (exact) mass is 382 g/mol. The molecule has 0 spiro atoms. The first kappa shape index (κ1) is 18.6. The van der Waals surface area contributed by atoms with Gasteiger partial charge in [0.2, 0.25) is 0 Å². The average molecular weight is 383 g/mol. The Morgan fingerprint density at radius 2 is 1.59 bits per heavy atom. The lowest BCUT2D eigenvalue weighted by molar-refractivity contribution is 0.102. The number of ether oxygens (including phenoxy) is 2. The van der Waals surface area contributed by atoms with E-state index in [1.807, 2.05) is 30.3 Å². The van der Waals surface area contributed by atoms with Gasteiger partial charge < -0.3 is 20.1 Å². The molecule has 0 aliphatic heterocycles. The van der Waals surface area contributed by atoms with Crippen molar-refractivity contribution in [2.45, 2.75) is 0 Å². The Balaban J connectivity index is 1.87. The van der Waals surface area contributed by atoms with Gasteiger partial charge in [0.15, 0.2) is 11.5 Å². The van der Waals surface area contributed by atoms with E-state index in [1.165, 1.54) is 0 Å². The van der Waals surface area contributed by atoms with Gasteiger partial charge in [0.25, 0.3) is 5.91 Å². The Hall–Kier alpha value is -3.18. The molecule has 0 aliphatic rings. The van der Waals surface area contributed by atoms with E-state index in [9.17, 15) is 4.79 Å². The molecule has 0 atom stereocenters. The lowest BCUT2D eigenvalue weighted by atomic mass is 10.1. The maximum atomic E-state index is 12.8. The van der Waals surface area contributed by atoms with Gasteiger partial charge in [0, 0.05) is 22.5 Å². The van der Waals surface area contributed by atoms with Gasteiger partial charge in [-0.05, 0) is 42.5 Å². The number of halogens is 1. The van der Waals surface area contributed by atoms with E-state index in [4.69, 9.17) is 21.1 Å². The maximum absolute atomic E-state index is 12.8. The quantitative estimate of drug-likeness (QED) is 0.603. The zero-order valence-corrected chi connectivity index (χ0v) is 15.7. The highest BCUT2D eigenvalue weighted by Crippen LogP contribution is 2.31. The number of carbonyl (C=O) groups is 1. The molecule has 0 saturated carbocycles. The average Bonchev–Trinajstić information content (AvgIpc) is 2.70. The maximum Gasteiger partial charge on any atom is 0.257 e. The van der Waals surface area contributed by atoms with Gasteiger partial charge in [-0.15, -0.1) is 0 Å². The fraction of sp³-hybridized carbons (Fsp3) is 0.0952. The molecule has 0 radical (unpaired) electrons. The van der Waals surface area contributed by atoms with Crippen molar-refractivity contribution < 1.29 is 14.3 Å². The highest BCUT2D eigenvalue weighted by atomic mass is 35.5. The number of carbonyl (C=O) groups excluding carboxylic acids is 1. The van der Waals surface area contributed by atoms with Gasteiger partial charge >= 0.3 is 0 Å². The summed E-state index contributed by atoms with van der Waals surface area (Å²) in [7, 11) is 3.10. The molecule has 3 aromatic rings. The van der Waals surface area contributed by atoms with Gasteiger partial charge in [-0.2, -0.15) is 0 Å². The standard InChI is InChI=1S/C21H19ClN2O3/c1-26-19-11-9-16(13-20(19)27-2)24-21(25)17-12-14(22)8-10-18(17)23-15-6-4-3-5-7-15/h3-13,23H,1-2H3,(H,24,25). The number of methoxy groups -OCH3 is 2. The van der Waals surface area contributed by atoms with Gasteiger partial charge in [0.05, 0.1) is 25.5 Å². The predicted octanol–water partition coefficient (Wildman–Crippen LogP) is 5.35. The first-order valence-corrected chi connectivity index (χ1v) is 8.63. The minimum Gasteiger partial charge on any atom is -0.493 e. The van der Waals surface area contributed by atoms with Crippen LogP contribution in [0.1, 0.15) is 10.4 Å². The van der Waals surface area contributed by atoms with Crippen molar-refractivity contribution in [2.24, 2.45) is 0 Å². The topological polar surface area (TPSA) is 59.6 Å². The Kier molecular flexibility index (Phi) is 5.84. The number of para-hydroxylation sites is 1.